The zero-order valence-electron chi connectivity index (χ0n) is 10.2. The second-order valence-corrected chi connectivity index (χ2v) is 5.41. The molecule has 6 nitrogen and oxygen atoms in total. The summed E-state index contributed by atoms with van der Waals surface area (Å²) in [4.78, 5) is -0.230. The Kier molecular flexibility index (Phi) is 3.43. The monoisotopic (exact) mass is 286 g/mol. The minimum atomic E-state index is -3.92. The van der Waals surface area contributed by atoms with Gasteiger partial charge in [0.25, 0.3) is 10.0 Å². The Bertz CT molecular complexity index is 696. The van der Waals surface area contributed by atoms with Crippen molar-refractivity contribution in [2.75, 3.05) is 11.8 Å². The summed E-state index contributed by atoms with van der Waals surface area (Å²) in [6, 6.07) is 4.75. The Hall–Kier alpha value is -2.09. The minimum absolute atomic E-state index is 0.0313. The molecule has 2 rings (SSSR count). The summed E-state index contributed by atoms with van der Waals surface area (Å²) in [7, 11) is -2.62. The van der Waals surface area contributed by atoms with Gasteiger partial charge in [0.2, 0.25) is 0 Å². The van der Waals surface area contributed by atoms with Crippen molar-refractivity contribution in [1.82, 2.24) is 5.16 Å². The first-order valence-electron chi connectivity index (χ1n) is 5.22. The topological polar surface area (TPSA) is 81.4 Å². The molecular formula is C11H11FN2O4S. The van der Waals surface area contributed by atoms with Crippen molar-refractivity contribution < 1.29 is 22.1 Å². The molecule has 1 aromatic heterocycles. The van der Waals surface area contributed by atoms with Crippen molar-refractivity contribution >= 4 is 15.8 Å². The zero-order valence-corrected chi connectivity index (χ0v) is 11.0. The number of benzene rings is 1. The summed E-state index contributed by atoms with van der Waals surface area (Å²) in [5, 5.41) is 3.50. The molecule has 0 atom stereocenters. The van der Waals surface area contributed by atoms with Gasteiger partial charge in [-0.25, -0.2) is 12.8 Å². The summed E-state index contributed by atoms with van der Waals surface area (Å²) in [6.45, 7) is 1.62. The fourth-order valence-corrected chi connectivity index (χ4v) is 2.42. The molecule has 19 heavy (non-hydrogen) atoms. The van der Waals surface area contributed by atoms with E-state index in [0.29, 0.717) is 5.76 Å². The van der Waals surface area contributed by atoms with E-state index in [1.807, 2.05) is 0 Å². The fraction of sp³-hybridized carbons (Fsp3) is 0.182. The van der Waals surface area contributed by atoms with E-state index in [1.54, 1.807) is 6.92 Å². The van der Waals surface area contributed by atoms with Crippen LogP contribution in [-0.2, 0) is 10.0 Å². The highest BCUT2D eigenvalue weighted by molar-refractivity contribution is 7.92. The number of hydrogen-bond donors (Lipinski definition) is 1. The molecule has 1 aromatic carbocycles. The van der Waals surface area contributed by atoms with E-state index in [0.717, 1.165) is 6.07 Å². The normalized spacial score (nSPS) is 11.3. The summed E-state index contributed by atoms with van der Waals surface area (Å²) >= 11 is 0. The lowest BCUT2D eigenvalue weighted by atomic mass is 10.3. The molecule has 0 aliphatic heterocycles. The van der Waals surface area contributed by atoms with Gasteiger partial charge in [-0.1, -0.05) is 5.16 Å². The molecule has 0 radical (unpaired) electrons. The Balaban J connectivity index is 2.31. The number of methoxy groups -OCH3 is 1. The highest BCUT2D eigenvalue weighted by atomic mass is 32.2. The van der Waals surface area contributed by atoms with Crippen LogP contribution in [0.3, 0.4) is 0 Å². The first kappa shape index (κ1) is 13.3. The van der Waals surface area contributed by atoms with E-state index in [2.05, 4.69) is 9.88 Å². The number of sulfonamides is 1. The number of halogens is 1. The number of ether oxygens (including phenoxy) is 1. The summed E-state index contributed by atoms with van der Waals surface area (Å²) < 4.78 is 49.0. The maximum Gasteiger partial charge on any atom is 0.263 e. The average Bonchev–Trinajstić information content (AvgIpc) is 2.73. The van der Waals surface area contributed by atoms with Crippen LogP contribution in [0.4, 0.5) is 10.2 Å². The van der Waals surface area contributed by atoms with E-state index in [1.165, 1.54) is 25.3 Å². The maximum atomic E-state index is 13.5. The van der Waals surface area contributed by atoms with Gasteiger partial charge in [0.1, 0.15) is 5.76 Å². The van der Waals surface area contributed by atoms with Gasteiger partial charge < -0.3 is 9.26 Å². The Morgan fingerprint density at radius 1 is 1.37 bits per heavy atom. The number of aromatic nitrogens is 1. The lowest BCUT2D eigenvalue weighted by Crippen LogP contribution is -2.13. The molecule has 0 amide bonds. The average molecular weight is 286 g/mol. The lowest BCUT2D eigenvalue weighted by Gasteiger charge is -2.06. The SMILES string of the molecule is COc1ccc(S(=O)(=O)Nc2cc(C)on2)cc1F. The van der Waals surface area contributed by atoms with Crippen LogP contribution in [0, 0.1) is 12.7 Å². The molecule has 0 bridgehead atoms. The Morgan fingerprint density at radius 2 is 2.11 bits per heavy atom. The fourth-order valence-electron chi connectivity index (χ4n) is 1.43. The van der Waals surface area contributed by atoms with Gasteiger partial charge in [0.05, 0.1) is 12.0 Å². The molecule has 102 valence electrons. The minimum Gasteiger partial charge on any atom is -0.494 e. The number of hydrogen-bond acceptors (Lipinski definition) is 5. The molecule has 2 aromatic rings. The van der Waals surface area contributed by atoms with E-state index in [9.17, 15) is 12.8 Å². The number of nitrogens with zero attached hydrogens (tertiary/aromatic N) is 1. The summed E-state index contributed by atoms with van der Waals surface area (Å²) in [6.07, 6.45) is 0. The number of aryl methyl sites for hydroxylation is 1. The molecule has 1 N–H and O–H groups in total. The molecule has 0 unspecified atom stereocenters. The summed E-state index contributed by atoms with van der Waals surface area (Å²) in [5.74, 6) is -0.301. The van der Waals surface area contributed by atoms with Crippen LogP contribution in [0.5, 0.6) is 5.75 Å². The number of nitrogens with one attached hydrogen (secondary N) is 1. The van der Waals surface area contributed by atoms with Crippen LogP contribution in [-0.4, -0.2) is 20.7 Å². The zero-order chi connectivity index (χ0) is 14.0. The van der Waals surface area contributed by atoms with E-state index in [-0.39, 0.29) is 16.5 Å². The third-order valence-electron chi connectivity index (χ3n) is 2.30. The Labute approximate surface area is 109 Å². The molecular weight excluding hydrogens is 275 g/mol. The van der Waals surface area contributed by atoms with Crippen molar-refractivity contribution in [3.8, 4) is 5.75 Å². The lowest BCUT2D eigenvalue weighted by molar-refractivity contribution is 0.385. The van der Waals surface area contributed by atoms with Crippen LogP contribution >= 0.6 is 0 Å². The largest absolute Gasteiger partial charge is 0.494 e. The quantitative estimate of drug-likeness (QED) is 0.928. The standard InChI is InChI=1S/C11H11FN2O4S/c1-7-5-11(13-18-7)14-19(15,16)8-3-4-10(17-2)9(12)6-8/h3-6H,1-2H3,(H,13,14). The molecule has 8 heteroatoms. The highest BCUT2D eigenvalue weighted by Gasteiger charge is 2.18. The predicted molar refractivity (Wildman–Crippen MR) is 65.0 cm³/mol. The first-order chi connectivity index (χ1) is 8.92. The molecule has 0 aliphatic rings. The van der Waals surface area contributed by atoms with Gasteiger partial charge in [-0.05, 0) is 25.1 Å². The van der Waals surface area contributed by atoms with Crippen LogP contribution in [0.1, 0.15) is 5.76 Å². The van der Waals surface area contributed by atoms with Crippen LogP contribution in [0.25, 0.3) is 0 Å². The second kappa shape index (κ2) is 4.88. The van der Waals surface area contributed by atoms with Gasteiger partial charge in [-0.3, -0.25) is 4.72 Å². The Morgan fingerprint density at radius 3 is 2.63 bits per heavy atom. The predicted octanol–water partition coefficient (Wildman–Crippen LogP) is 1.93. The van der Waals surface area contributed by atoms with Gasteiger partial charge in [-0.2, -0.15) is 0 Å². The van der Waals surface area contributed by atoms with E-state index >= 15 is 0 Å². The molecule has 0 spiro atoms. The van der Waals surface area contributed by atoms with Crippen molar-refractivity contribution in [2.24, 2.45) is 0 Å². The van der Waals surface area contributed by atoms with Gasteiger partial charge in [0.15, 0.2) is 17.4 Å². The molecule has 0 saturated carbocycles. The van der Waals surface area contributed by atoms with Gasteiger partial charge >= 0.3 is 0 Å². The summed E-state index contributed by atoms with van der Waals surface area (Å²) in [5.41, 5.74) is 0. The molecule has 0 fully saturated rings. The van der Waals surface area contributed by atoms with Crippen LogP contribution < -0.4 is 9.46 Å². The number of anilines is 1. The third-order valence-corrected chi connectivity index (χ3v) is 3.65. The molecule has 0 aliphatic carbocycles. The van der Waals surface area contributed by atoms with Crippen molar-refractivity contribution in [2.45, 2.75) is 11.8 Å². The van der Waals surface area contributed by atoms with E-state index in [4.69, 9.17) is 9.26 Å². The number of rotatable bonds is 4. The van der Waals surface area contributed by atoms with Crippen molar-refractivity contribution in [1.29, 1.82) is 0 Å². The van der Waals surface area contributed by atoms with Crippen molar-refractivity contribution in [3.63, 3.8) is 0 Å². The highest BCUT2D eigenvalue weighted by Crippen LogP contribution is 2.22. The third kappa shape index (κ3) is 2.84. The van der Waals surface area contributed by atoms with Crippen LogP contribution in [0.15, 0.2) is 33.7 Å². The maximum absolute atomic E-state index is 13.5. The molecule has 0 saturated heterocycles. The van der Waals surface area contributed by atoms with E-state index < -0.39 is 15.8 Å². The van der Waals surface area contributed by atoms with Gasteiger partial charge in [0, 0.05) is 6.07 Å². The smallest absolute Gasteiger partial charge is 0.263 e. The first-order valence-corrected chi connectivity index (χ1v) is 6.70. The second-order valence-electron chi connectivity index (χ2n) is 3.72. The van der Waals surface area contributed by atoms with Crippen LogP contribution in [0.2, 0.25) is 0 Å². The van der Waals surface area contributed by atoms with Crippen molar-refractivity contribution in [3.05, 3.63) is 35.8 Å². The van der Waals surface area contributed by atoms with Gasteiger partial charge in [-0.15, -0.1) is 0 Å². The molecule has 1 heterocycles.